The van der Waals surface area contributed by atoms with Crippen LogP contribution < -0.4 is 5.73 Å². The highest BCUT2D eigenvalue weighted by Gasteiger charge is 2.48. The van der Waals surface area contributed by atoms with Crippen LogP contribution in [0.2, 0.25) is 0 Å². The van der Waals surface area contributed by atoms with Crippen LogP contribution in [0.5, 0.6) is 0 Å². The summed E-state index contributed by atoms with van der Waals surface area (Å²) in [7, 11) is 3.67. The van der Waals surface area contributed by atoms with E-state index in [4.69, 9.17) is 0 Å². The SMILES string of the molecule is CN(C)C(=O)[C@@H]1CC2(CCN(C(=O)C([NH3+])Cc3ccc4ccccc4c3)CC2)c2ccccc21. The molecule has 2 atom stereocenters. The lowest BCUT2D eigenvalue weighted by atomic mass is 9.73. The number of carbonyl (C=O) groups excluding carboxylic acids is 2. The molecule has 1 unspecified atom stereocenters. The van der Waals surface area contributed by atoms with E-state index in [1.165, 1.54) is 21.9 Å². The molecule has 0 bridgehead atoms. The van der Waals surface area contributed by atoms with Gasteiger partial charge in [-0.05, 0) is 46.7 Å². The molecule has 2 amide bonds. The Morgan fingerprint density at radius 3 is 2.41 bits per heavy atom. The van der Waals surface area contributed by atoms with E-state index in [-0.39, 0.29) is 29.2 Å². The Hall–Kier alpha value is -3.18. The van der Waals surface area contributed by atoms with Crippen molar-refractivity contribution in [3.63, 3.8) is 0 Å². The van der Waals surface area contributed by atoms with Gasteiger partial charge in [-0.15, -0.1) is 0 Å². The third-order valence-corrected chi connectivity index (χ3v) is 7.92. The van der Waals surface area contributed by atoms with Gasteiger partial charge >= 0.3 is 0 Å². The summed E-state index contributed by atoms with van der Waals surface area (Å²) in [4.78, 5) is 29.9. The number of fused-ring (bicyclic) bond motifs is 3. The molecule has 34 heavy (non-hydrogen) atoms. The monoisotopic (exact) mass is 456 g/mol. The third-order valence-electron chi connectivity index (χ3n) is 7.92. The van der Waals surface area contributed by atoms with E-state index < -0.39 is 0 Å². The van der Waals surface area contributed by atoms with E-state index in [1.807, 2.05) is 37.2 Å². The topological polar surface area (TPSA) is 68.3 Å². The second-order valence-corrected chi connectivity index (χ2v) is 10.3. The summed E-state index contributed by atoms with van der Waals surface area (Å²) in [5, 5.41) is 2.41. The zero-order valence-electron chi connectivity index (χ0n) is 20.2. The third kappa shape index (κ3) is 3.98. The summed E-state index contributed by atoms with van der Waals surface area (Å²) in [6.45, 7) is 1.44. The van der Waals surface area contributed by atoms with Crippen molar-refractivity contribution in [3.8, 4) is 0 Å². The van der Waals surface area contributed by atoms with Crippen molar-refractivity contribution in [2.24, 2.45) is 0 Å². The lowest BCUT2D eigenvalue weighted by molar-refractivity contribution is -0.405. The van der Waals surface area contributed by atoms with Crippen molar-refractivity contribution in [1.29, 1.82) is 0 Å². The van der Waals surface area contributed by atoms with Gasteiger partial charge in [-0.2, -0.15) is 0 Å². The Morgan fingerprint density at radius 1 is 1.00 bits per heavy atom. The first kappa shape index (κ1) is 22.6. The van der Waals surface area contributed by atoms with Gasteiger partial charge in [0.05, 0.1) is 5.92 Å². The molecule has 3 aromatic rings. The molecule has 1 aliphatic heterocycles. The van der Waals surface area contributed by atoms with Crippen LogP contribution in [-0.2, 0) is 21.4 Å². The molecule has 3 N–H and O–H groups in total. The number of hydrogen-bond donors (Lipinski definition) is 1. The highest BCUT2D eigenvalue weighted by Crippen LogP contribution is 2.52. The minimum atomic E-state index is -0.297. The molecule has 1 saturated heterocycles. The number of benzene rings is 3. The lowest BCUT2D eigenvalue weighted by Gasteiger charge is -2.40. The van der Waals surface area contributed by atoms with Gasteiger partial charge in [-0.3, -0.25) is 9.59 Å². The van der Waals surface area contributed by atoms with Gasteiger partial charge in [-0.25, -0.2) is 0 Å². The molecule has 1 heterocycles. The van der Waals surface area contributed by atoms with E-state index in [2.05, 4.69) is 54.3 Å². The zero-order chi connectivity index (χ0) is 23.9. The van der Waals surface area contributed by atoms with Crippen LogP contribution in [0.15, 0.2) is 66.7 Å². The maximum absolute atomic E-state index is 13.3. The number of carbonyl (C=O) groups is 2. The average Bonchev–Trinajstić information content (AvgIpc) is 3.17. The van der Waals surface area contributed by atoms with Gasteiger partial charge in [0.15, 0.2) is 6.04 Å². The molecular weight excluding hydrogens is 422 g/mol. The Balaban J connectivity index is 1.27. The minimum Gasteiger partial charge on any atom is -0.348 e. The van der Waals surface area contributed by atoms with Crippen molar-refractivity contribution >= 4 is 22.6 Å². The summed E-state index contributed by atoms with van der Waals surface area (Å²) in [5.41, 5.74) is 7.84. The average molecular weight is 457 g/mol. The van der Waals surface area contributed by atoms with Crippen molar-refractivity contribution < 1.29 is 15.3 Å². The number of piperidine rings is 1. The van der Waals surface area contributed by atoms with Gasteiger partial charge in [-0.1, -0.05) is 66.7 Å². The highest BCUT2D eigenvalue weighted by molar-refractivity contribution is 5.86. The number of hydrogen-bond acceptors (Lipinski definition) is 2. The maximum Gasteiger partial charge on any atom is 0.281 e. The molecule has 0 radical (unpaired) electrons. The van der Waals surface area contributed by atoms with Gasteiger partial charge in [0, 0.05) is 39.0 Å². The lowest BCUT2D eigenvalue weighted by Crippen LogP contribution is -2.69. The molecule has 0 aromatic heterocycles. The van der Waals surface area contributed by atoms with E-state index in [0.29, 0.717) is 6.42 Å². The summed E-state index contributed by atoms with van der Waals surface area (Å²) in [5.74, 6) is 0.230. The minimum absolute atomic E-state index is 0.0152. The van der Waals surface area contributed by atoms with Crippen molar-refractivity contribution in [2.75, 3.05) is 27.2 Å². The number of likely N-dealkylation sites (N-methyl/N-ethyl adjacent to an activating group) is 1. The molecule has 2 aliphatic rings. The van der Waals surface area contributed by atoms with Crippen LogP contribution in [-0.4, -0.2) is 54.8 Å². The fourth-order valence-corrected chi connectivity index (χ4v) is 6.05. The zero-order valence-corrected chi connectivity index (χ0v) is 20.2. The molecule has 5 rings (SSSR count). The number of amides is 2. The van der Waals surface area contributed by atoms with Crippen LogP contribution >= 0.6 is 0 Å². The molecule has 176 valence electrons. The smallest absolute Gasteiger partial charge is 0.281 e. The molecule has 3 aromatic carbocycles. The number of nitrogens with zero attached hydrogens (tertiary/aromatic N) is 2. The standard InChI is InChI=1S/C29H33N3O2/c1-31(2)27(33)24-19-29(25-10-6-5-9-23(24)25)13-15-32(16-14-29)28(34)26(30)18-20-11-12-21-7-3-4-8-22(21)17-20/h3-12,17,24,26H,13-16,18-19,30H2,1-2H3/p+1/t24-,26?/m1/s1. The van der Waals surface area contributed by atoms with Crippen LogP contribution in [0.25, 0.3) is 10.8 Å². The molecular formula is C29H34N3O2+. The first-order valence-corrected chi connectivity index (χ1v) is 12.3. The summed E-state index contributed by atoms with van der Waals surface area (Å²) in [6, 6.07) is 22.8. The fourth-order valence-electron chi connectivity index (χ4n) is 6.05. The Labute approximate surface area is 201 Å². The van der Waals surface area contributed by atoms with Gasteiger partial charge in [0.1, 0.15) is 0 Å². The fraction of sp³-hybridized carbons (Fsp3) is 0.379. The van der Waals surface area contributed by atoms with Crippen LogP contribution in [0.3, 0.4) is 0 Å². The Bertz CT molecular complexity index is 1230. The van der Waals surface area contributed by atoms with Crippen LogP contribution in [0.1, 0.15) is 41.9 Å². The van der Waals surface area contributed by atoms with E-state index in [9.17, 15) is 9.59 Å². The van der Waals surface area contributed by atoms with Crippen molar-refractivity contribution in [1.82, 2.24) is 9.80 Å². The Kier molecular flexibility index (Phi) is 5.90. The highest BCUT2D eigenvalue weighted by atomic mass is 16.2. The van der Waals surface area contributed by atoms with Crippen LogP contribution in [0, 0.1) is 0 Å². The van der Waals surface area contributed by atoms with Crippen molar-refractivity contribution in [2.45, 2.75) is 43.1 Å². The van der Waals surface area contributed by atoms with Crippen LogP contribution in [0.4, 0.5) is 0 Å². The normalized spacial score (nSPS) is 19.7. The van der Waals surface area contributed by atoms with Gasteiger partial charge in [0.2, 0.25) is 5.91 Å². The summed E-state index contributed by atoms with van der Waals surface area (Å²) < 4.78 is 0. The number of quaternary nitrogens is 1. The van der Waals surface area contributed by atoms with Gasteiger partial charge in [0.25, 0.3) is 5.91 Å². The Morgan fingerprint density at radius 2 is 1.68 bits per heavy atom. The van der Waals surface area contributed by atoms with Crippen molar-refractivity contribution in [3.05, 3.63) is 83.4 Å². The summed E-state index contributed by atoms with van der Waals surface area (Å²) in [6.07, 6.45) is 3.29. The predicted octanol–water partition coefficient (Wildman–Crippen LogP) is 3.13. The van der Waals surface area contributed by atoms with E-state index in [1.54, 1.807) is 4.90 Å². The first-order chi connectivity index (χ1) is 16.4. The van der Waals surface area contributed by atoms with E-state index >= 15 is 0 Å². The summed E-state index contributed by atoms with van der Waals surface area (Å²) >= 11 is 0. The number of likely N-dealkylation sites (tertiary alicyclic amines) is 1. The molecule has 5 nitrogen and oxygen atoms in total. The maximum atomic E-state index is 13.3. The van der Waals surface area contributed by atoms with E-state index in [0.717, 1.165) is 37.9 Å². The molecule has 1 spiro atoms. The second kappa shape index (κ2) is 8.88. The quantitative estimate of drug-likeness (QED) is 0.655. The number of rotatable bonds is 4. The molecule has 1 aliphatic carbocycles. The predicted molar refractivity (Wildman–Crippen MR) is 134 cm³/mol. The molecule has 1 fully saturated rings. The van der Waals surface area contributed by atoms with Gasteiger partial charge < -0.3 is 15.5 Å². The first-order valence-electron chi connectivity index (χ1n) is 12.3. The molecule has 0 saturated carbocycles. The molecule has 5 heteroatoms. The second-order valence-electron chi connectivity index (χ2n) is 10.3. The largest absolute Gasteiger partial charge is 0.348 e.